The molecule has 0 aliphatic carbocycles. The summed E-state index contributed by atoms with van der Waals surface area (Å²) in [6.45, 7) is 1.04. The van der Waals surface area contributed by atoms with Crippen molar-refractivity contribution in [2.45, 2.75) is 13.5 Å². The van der Waals surface area contributed by atoms with Crippen LogP contribution in [0.3, 0.4) is 0 Å². The van der Waals surface area contributed by atoms with Crippen molar-refractivity contribution in [2.75, 3.05) is 5.75 Å². The van der Waals surface area contributed by atoms with Gasteiger partial charge in [-0.2, -0.15) is 0 Å². The minimum Gasteiger partial charge on any atom is -0.331 e. The summed E-state index contributed by atoms with van der Waals surface area (Å²) in [6, 6.07) is 10.5. The van der Waals surface area contributed by atoms with Gasteiger partial charge in [-0.3, -0.25) is 9.59 Å². The van der Waals surface area contributed by atoms with Crippen LogP contribution in [0.4, 0.5) is 8.78 Å². The highest BCUT2D eigenvalue weighted by Gasteiger charge is 2.28. The highest BCUT2D eigenvalue weighted by atomic mass is 35.5. The second kappa shape index (κ2) is 9.03. The Labute approximate surface area is 198 Å². The van der Waals surface area contributed by atoms with Crippen LogP contribution in [-0.2, 0) is 16.6 Å². The van der Waals surface area contributed by atoms with Gasteiger partial charge in [-0.15, -0.1) is 0 Å². The molecule has 0 unspecified atom stereocenters. The smallest absolute Gasteiger partial charge is 0.282 e. The first-order valence-corrected chi connectivity index (χ1v) is 12.1. The maximum absolute atomic E-state index is 14.5. The number of hydrogen-bond acceptors (Lipinski definition) is 4. The molecule has 0 aliphatic heterocycles. The average molecular weight is 506 g/mol. The van der Waals surface area contributed by atoms with Gasteiger partial charge in [0.05, 0.1) is 12.3 Å². The molecular formula is C23H18ClF2N3O4S. The Morgan fingerprint density at radius 2 is 1.91 bits per heavy atom. The van der Waals surface area contributed by atoms with Crippen molar-refractivity contribution in [1.29, 1.82) is 0 Å². The van der Waals surface area contributed by atoms with E-state index in [0.29, 0.717) is 15.9 Å². The maximum atomic E-state index is 14.5. The second-order valence-corrected chi connectivity index (χ2v) is 9.90. The van der Waals surface area contributed by atoms with E-state index in [0.717, 1.165) is 18.2 Å². The van der Waals surface area contributed by atoms with Crippen LogP contribution >= 0.6 is 11.6 Å². The second-order valence-electron chi connectivity index (χ2n) is 7.45. The third kappa shape index (κ3) is 4.46. The van der Waals surface area contributed by atoms with Crippen molar-refractivity contribution >= 4 is 38.4 Å². The first kappa shape index (κ1) is 23.7. The molecule has 0 radical (unpaired) electrons. The van der Waals surface area contributed by atoms with Crippen molar-refractivity contribution < 1.29 is 22.0 Å². The zero-order valence-corrected chi connectivity index (χ0v) is 19.3. The van der Waals surface area contributed by atoms with E-state index in [1.54, 1.807) is 12.1 Å². The van der Waals surface area contributed by atoms with E-state index in [1.165, 1.54) is 35.9 Å². The fourth-order valence-electron chi connectivity index (χ4n) is 3.71. The summed E-state index contributed by atoms with van der Waals surface area (Å²) >= 11 is 6.19. The molecule has 0 bridgehead atoms. The fourth-order valence-corrected chi connectivity index (χ4v) is 4.41. The molecule has 0 aliphatic rings. The Bertz CT molecular complexity index is 1600. The standard InChI is InChI=1S/C23H18ClF2N3O4S/c1-2-34(32,33)28-23(31)21-20(16-4-3-9-27-22(16)30)17-11-14(24)5-8-19(17)29(21)12-13-10-15(25)6-7-18(13)26/h3-11H,2,12H2,1H3,(H,27,30)(H,28,31). The summed E-state index contributed by atoms with van der Waals surface area (Å²) in [5, 5.41) is 0.656. The molecule has 2 heterocycles. The zero-order chi connectivity index (χ0) is 24.6. The quantitative estimate of drug-likeness (QED) is 0.412. The number of aromatic amines is 1. The van der Waals surface area contributed by atoms with E-state index >= 15 is 0 Å². The average Bonchev–Trinajstić information content (AvgIpc) is 3.09. The number of nitrogens with zero attached hydrogens (tertiary/aromatic N) is 1. The van der Waals surface area contributed by atoms with E-state index in [9.17, 15) is 26.8 Å². The summed E-state index contributed by atoms with van der Waals surface area (Å²) in [4.78, 5) is 28.5. The van der Waals surface area contributed by atoms with Crippen LogP contribution in [0, 0.1) is 11.6 Å². The Kier molecular flexibility index (Phi) is 6.28. The van der Waals surface area contributed by atoms with Crippen molar-refractivity contribution in [3.05, 3.63) is 93.0 Å². The molecule has 1 amide bonds. The predicted molar refractivity (Wildman–Crippen MR) is 125 cm³/mol. The number of hydrogen-bond donors (Lipinski definition) is 2. The summed E-state index contributed by atoms with van der Waals surface area (Å²) in [5.74, 6) is -2.80. The van der Waals surface area contributed by atoms with Gasteiger partial charge >= 0.3 is 0 Å². The molecule has 2 N–H and O–H groups in total. The van der Waals surface area contributed by atoms with E-state index in [2.05, 4.69) is 4.98 Å². The van der Waals surface area contributed by atoms with Gasteiger partial charge in [-0.25, -0.2) is 21.9 Å². The monoisotopic (exact) mass is 505 g/mol. The Hall–Kier alpha value is -3.50. The van der Waals surface area contributed by atoms with Gasteiger partial charge in [0.25, 0.3) is 11.5 Å². The lowest BCUT2D eigenvalue weighted by Gasteiger charge is -2.13. The molecule has 4 aromatic rings. The van der Waals surface area contributed by atoms with Crippen LogP contribution in [0.2, 0.25) is 5.02 Å². The summed E-state index contributed by atoms with van der Waals surface area (Å²) < 4.78 is 56.1. The number of rotatable bonds is 6. The Balaban J connectivity index is 2.09. The number of H-pyrrole nitrogens is 1. The predicted octanol–water partition coefficient (Wildman–Crippen LogP) is 4.06. The Morgan fingerprint density at radius 1 is 1.15 bits per heavy atom. The van der Waals surface area contributed by atoms with Gasteiger partial charge in [0.15, 0.2) is 0 Å². The highest BCUT2D eigenvalue weighted by Crippen LogP contribution is 2.36. The SMILES string of the molecule is CCS(=O)(=O)NC(=O)c1c(-c2ccc[nH]c2=O)c2cc(Cl)ccc2n1Cc1cc(F)ccc1F. The number of benzene rings is 2. The van der Waals surface area contributed by atoms with Crippen molar-refractivity contribution in [3.8, 4) is 11.1 Å². The van der Waals surface area contributed by atoms with E-state index in [4.69, 9.17) is 11.6 Å². The highest BCUT2D eigenvalue weighted by molar-refractivity contribution is 7.90. The van der Waals surface area contributed by atoms with Crippen LogP contribution in [0.15, 0.2) is 59.5 Å². The zero-order valence-electron chi connectivity index (χ0n) is 17.7. The minimum atomic E-state index is -3.99. The summed E-state index contributed by atoms with van der Waals surface area (Å²) in [5.41, 5.74) is -0.272. The normalized spacial score (nSPS) is 11.6. The number of fused-ring (bicyclic) bond motifs is 1. The van der Waals surface area contributed by atoms with Gasteiger partial charge in [0.1, 0.15) is 17.3 Å². The molecule has 176 valence electrons. The number of halogens is 3. The molecule has 0 saturated carbocycles. The van der Waals surface area contributed by atoms with Gasteiger partial charge in [0.2, 0.25) is 10.0 Å². The van der Waals surface area contributed by atoms with E-state index in [1.807, 2.05) is 4.72 Å². The van der Waals surface area contributed by atoms with Gasteiger partial charge in [0, 0.05) is 38.8 Å². The maximum Gasteiger partial charge on any atom is 0.282 e. The van der Waals surface area contributed by atoms with Crippen LogP contribution in [0.5, 0.6) is 0 Å². The number of carbonyl (C=O) groups excluding carboxylic acids is 1. The number of carbonyl (C=O) groups is 1. The van der Waals surface area contributed by atoms with Crippen molar-refractivity contribution in [3.63, 3.8) is 0 Å². The molecule has 2 aromatic carbocycles. The summed E-state index contributed by atoms with van der Waals surface area (Å²) in [7, 11) is -3.99. The molecule has 7 nitrogen and oxygen atoms in total. The molecule has 4 rings (SSSR count). The number of pyridine rings is 1. The molecule has 0 fully saturated rings. The lowest BCUT2D eigenvalue weighted by molar-refractivity contribution is 0.0974. The third-order valence-electron chi connectivity index (χ3n) is 5.29. The lowest BCUT2D eigenvalue weighted by atomic mass is 10.0. The molecule has 0 atom stereocenters. The Morgan fingerprint density at radius 3 is 2.62 bits per heavy atom. The van der Waals surface area contributed by atoms with Gasteiger partial charge in [-0.05, 0) is 55.5 Å². The number of amides is 1. The topological polar surface area (TPSA) is 101 Å². The number of sulfonamides is 1. The lowest BCUT2D eigenvalue weighted by Crippen LogP contribution is -2.33. The molecule has 11 heteroatoms. The van der Waals surface area contributed by atoms with Crippen LogP contribution in [-0.4, -0.2) is 29.6 Å². The number of nitrogens with one attached hydrogen (secondary N) is 2. The van der Waals surface area contributed by atoms with Crippen LogP contribution in [0.1, 0.15) is 23.0 Å². The molecule has 34 heavy (non-hydrogen) atoms. The van der Waals surface area contributed by atoms with Gasteiger partial charge < -0.3 is 9.55 Å². The molecule has 0 saturated heterocycles. The van der Waals surface area contributed by atoms with Crippen LogP contribution in [0.25, 0.3) is 22.0 Å². The number of aromatic nitrogens is 2. The molecule has 2 aromatic heterocycles. The van der Waals surface area contributed by atoms with Gasteiger partial charge in [-0.1, -0.05) is 11.6 Å². The largest absolute Gasteiger partial charge is 0.331 e. The third-order valence-corrected chi connectivity index (χ3v) is 6.78. The summed E-state index contributed by atoms with van der Waals surface area (Å²) in [6.07, 6.45) is 1.40. The van der Waals surface area contributed by atoms with E-state index < -0.39 is 33.1 Å². The first-order valence-electron chi connectivity index (χ1n) is 10.1. The first-order chi connectivity index (χ1) is 16.1. The van der Waals surface area contributed by atoms with E-state index in [-0.39, 0.29) is 34.7 Å². The molecular weight excluding hydrogens is 488 g/mol. The van der Waals surface area contributed by atoms with Crippen molar-refractivity contribution in [2.24, 2.45) is 0 Å². The fraction of sp³-hybridized carbons (Fsp3) is 0.130. The minimum absolute atomic E-state index is 0.0761. The van der Waals surface area contributed by atoms with Crippen molar-refractivity contribution in [1.82, 2.24) is 14.3 Å². The molecule has 0 spiro atoms. The van der Waals surface area contributed by atoms with Crippen LogP contribution < -0.4 is 10.3 Å².